The molecule has 0 saturated heterocycles. The van der Waals surface area contributed by atoms with E-state index in [1.54, 1.807) is 12.3 Å². The molecule has 1 aromatic heterocycles. The van der Waals surface area contributed by atoms with E-state index in [-0.39, 0.29) is 0 Å². The molecule has 1 heterocycles. The normalized spacial score (nSPS) is 23.7. The maximum Gasteiger partial charge on any atom is 0.127 e. The van der Waals surface area contributed by atoms with Crippen molar-refractivity contribution in [1.29, 1.82) is 5.26 Å². The van der Waals surface area contributed by atoms with E-state index in [4.69, 9.17) is 5.26 Å². The van der Waals surface area contributed by atoms with Crippen LogP contribution in [0, 0.1) is 11.3 Å². The molecular weight excluding hydrogens is 224 g/mol. The van der Waals surface area contributed by atoms with Crippen LogP contribution in [0.4, 0.5) is 5.82 Å². The Bertz CT molecular complexity index is 436. The van der Waals surface area contributed by atoms with Crippen LogP contribution in [0.5, 0.6) is 0 Å². The molecule has 0 aliphatic heterocycles. The highest BCUT2D eigenvalue weighted by Gasteiger charge is 2.23. The number of anilines is 1. The van der Waals surface area contributed by atoms with Crippen molar-refractivity contribution in [3.63, 3.8) is 0 Å². The Morgan fingerprint density at radius 3 is 3.00 bits per heavy atom. The van der Waals surface area contributed by atoms with Crippen LogP contribution in [-0.2, 0) is 0 Å². The molecule has 0 bridgehead atoms. The first kappa shape index (κ1) is 12.8. The maximum atomic E-state index is 8.87. The van der Waals surface area contributed by atoms with Crippen molar-refractivity contribution in [3.05, 3.63) is 23.9 Å². The van der Waals surface area contributed by atoms with Crippen molar-refractivity contribution in [3.8, 4) is 6.07 Å². The number of pyridine rings is 1. The fraction of sp³-hybridized carbons (Fsp3) is 0.571. The van der Waals surface area contributed by atoms with Gasteiger partial charge in [-0.25, -0.2) is 4.98 Å². The van der Waals surface area contributed by atoms with Crippen LogP contribution < -0.4 is 5.32 Å². The standard InChI is InChI=1S/C14H20N4/c1-18(2)13-5-3-4-12(9-13)17-14-8-11(10-15)6-7-16-14/h6-8,12-13H,3-5,9H2,1-2H3,(H,16,17). The third kappa shape index (κ3) is 3.21. The zero-order valence-corrected chi connectivity index (χ0v) is 11.1. The van der Waals surface area contributed by atoms with Crippen molar-refractivity contribution in [1.82, 2.24) is 9.88 Å². The lowest BCUT2D eigenvalue weighted by Gasteiger charge is -2.34. The van der Waals surface area contributed by atoms with E-state index in [0.717, 1.165) is 12.2 Å². The molecule has 0 spiro atoms. The summed E-state index contributed by atoms with van der Waals surface area (Å²) in [5.74, 6) is 0.818. The molecule has 0 amide bonds. The second-order valence-corrected chi connectivity index (χ2v) is 5.17. The lowest BCUT2D eigenvalue weighted by atomic mass is 9.90. The van der Waals surface area contributed by atoms with E-state index in [1.165, 1.54) is 19.3 Å². The summed E-state index contributed by atoms with van der Waals surface area (Å²) >= 11 is 0. The van der Waals surface area contributed by atoms with Crippen molar-refractivity contribution in [2.24, 2.45) is 0 Å². The highest BCUT2D eigenvalue weighted by molar-refractivity contribution is 5.43. The third-order valence-corrected chi connectivity index (χ3v) is 3.62. The lowest BCUT2D eigenvalue weighted by molar-refractivity contribution is 0.219. The Hall–Kier alpha value is -1.60. The minimum Gasteiger partial charge on any atom is -0.367 e. The second-order valence-electron chi connectivity index (χ2n) is 5.17. The number of aromatic nitrogens is 1. The first-order valence-electron chi connectivity index (χ1n) is 6.48. The molecule has 1 fully saturated rings. The topological polar surface area (TPSA) is 52.0 Å². The SMILES string of the molecule is CN(C)C1CCCC(Nc2cc(C#N)ccn2)C1. The molecule has 4 heteroatoms. The molecule has 1 N–H and O–H groups in total. The summed E-state index contributed by atoms with van der Waals surface area (Å²) in [6.07, 6.45) is 6.54. The predicted molar refractivity (Wildman–Crippen MR) is 72.3 cm³/mol. The summed E-state index contributed by atoms with van der Waals surface area (Å²) in [5.41, 5.74) is 0.660. The number of nitrogens with one attached hydrogen (secondary N) is 1. The summed E-state index contributed by atoms with van der Waals surface area (Å²) in [5, 5.41) is 12.3. The van der Waals surface area contributed by atoms with Gasteiger partial charge in [-0.1, -0.05) is 0 Å². The predicted octanol–water partition coefficient (Wildman–Crippen LogP) is 2.24. The van der Waals surface area contributed by atoms with Gasteiger partial charge in [0, 0.05) is 18.3 Å². The van der Waals surface area contributed by atoms with Gasteiger partial charge in [0.1, 0.15) is 5.82 Å². The molecule has 1 aliphatic rings. The minimum atomic E-state index is 0.465. The van der Waals surface area contributed by atoms with Gasteiger partial charge in [0.15, 0.2) is 0 Å². The summed E-state index contributed by atoms with van der Waals surface area (Å²) in [6, 6.07) is 6.81. The summed E-state index contributed by atoms with van der Waals surface area (Å²) in [7, 11) is 4.28. The Balaban J connectivity index is 1.98. The van der Waals surface area contributed by atoms with Crippen LogP contribution in [0.15, 0.2) is 18.3 Å². The van der Waals surface area contributed by atoms with Gasteiger partial charge in [0.2, 0.25) is 0 Å². The van der Waals surface area contributed by atoms with Crippen LogP contribution in [0.25, 0.3) is 0 Å². The average Bonchev–Trinajstić information content (AvgIpc) is 2.39. The van der Waals surface area contributed by atoms with Gasteiger partial charge in [-0.15, -0.1) is 0 Å². The second kappa shape index (κ2) is 5.83. The quantitative estimate of drug-likeness (QED) is 0.886. The van der Waals surface area contributed by atoms with Gasteiger partial charge in [0.05, 0.1) is 11.6 Å². The Labute approximate surface area is 109 Å². The number of hydrogen-bond donors (Lipinski definition) is 1. The summed E-state index contributed by atoms with van der Waals surface area (Å²) < 4.78 is 0. The van der Waals surface area contributed by atoms with Gasteiger partial charge in [-0.05, 0) is 51.9 Å². The molecule has 1 saturated carbocycles. The molecule has 96 valence electrons. The summed E-state index contributed by atoms with van der Waals surface area (Å²) in [6.45, 7) is 0. The highest BCUT2D eigenvalue weighted by atomic mass is 15.1. The van der Waals surface area contributed by atoms with Crippen LogP contribution >= 0.6 is 0 Å². The molecule has 4 nitrogen and oxygen atoms in total. The molecule has 0 aromatic carbocycles. The van der Waals surface area contributed by atoms with Crippen molar-refractivity contribution in [2.45, 2.75) is 37.8 Å². The van der Waals surface area contributed by atoms with Gasteiger partial charge < -0.3 is 10.2 Å². The van der Waals surface area contributed by atoms with E-state index in [9.17, 15) is 0 Å². The van der Waals surface area contributed by atoms with Gasteiger partial charge >= 0.3 is 0 Å². The van der Waals surface area contributed by atoms with Crippen LogP contribution in [0.1, 0.15) is 31.2 Å². The Morgan fingerprint density at radius 1 is 1.44 bits per heavy atom. The van der Waals surface area contributed by atoms with Gasteiger partial charge in [0.25, 0.3) is 0 Å². The number of nitriles is 1. The number of hydrogen-bond acceptors (Lipinski definition) is 4. The largest absolute Gasteiger partial charge is 0.367 e. The Morgan fingerprint density at radius 2 is 2.28 bits per heavy atom. The zero-order chi connectivity index (χ0) is 13.0. The molecular formula is C14H20N4. The van der Waals surface area contributed by atoms with Crippen molar-refractivity contribution in [2.75, 3.05) is 19.4 Å². The third-order valence-electron chi connectivity index (χ3n) is 3.62. The maximum absolute atomic E-state index is 8.87. The lowest BCUT2D eigenvalue weighted by Crippen LogP contribution is -2.38. The number of nitrogens with zero attached hydrogens (tertiary/aromatic N) is 3. The van der Waals surface area contributed by atoms with Gasteiger partial charge in [-0.3, -0.25) is 0 Å². The number of rotatable bonds is 3. The van der Waals surface area contributed by atoms with E-state index in [0.29, 0.717) is 17.6 Å². The van der Waals surface area contributed by atoms with E-state index in [2.05, 4.69) is 35.4 Å². The fourth-order valence-electron chi connectivity index (χ4n) is 2.55. The first-order chi connectivity index (χ1) is 8.69. The minimum absolute atomic E-state index is 0.465. The van der Waals surface area contributed by atoms with Crippen molar-refractivity contribution >= 4 is 5.82 Å². The van der Waals surface area contributed by atoms with Crippen LogP contribution in [0.2, 0.25) is 0 Å². The molecule has 2 rings (SSSR count). The first-order valence-corrected chi connectivity index (χ1v) is 6.48. The zero-order valence-electron chi connectivity index (χ0n) is 11.1. The molecule has 18 heavy (non-hydrogen) atoms. The van der Waals surface area contributed by atoms with E-state index >= 15 is 0 Å². The smallest absolute Gasteiger partial charge is 0.127 e. The van der Waals surface area contributed by atoms with E-state index in [1.807, 2.05) is 6.07 Å². The van der Waals surface area contributed by atoms with Crippen LogP contribution in [-0.4, -0.2) is 36.1 Å². The molecule has 2 unspecified atom stereocenters. The molecule has 1 aromatic rings. The fourth-order valence-corrected chi connectivity index (χ4v) is 2.55. The Kier molecular flexibility index (Phi) is 4.16. The summed E-state index contributed by atoms with van der Waals surface area (Å²) in [4.78, 5) is 6.57. The van der Waals surface area contributed by atoms with Crippen molar-refractivity contribution < 1.29 is 0 Å². The highest BCUT2D eigenvalue weighted by Crippen LogP contribution is 2.24. The molecule has 0 radical (unpaired) electrons. The molecule has 2 atom stereocenters. The van der Waals surface area contributed by atoms with Gasteiger partial charge in [-0.2, -0.15) is 5.26 Å². The van der Waals surface area contributed by atoms with Crippen LogP contribution in [0.3, 0.4) is 0 Å². The monoisotopic (exact) mass is 244 g/mol. The van der Waals surface area contributed by atoms with E-state index < -0.39 is 0 Å². The average molecular weight is 244 g/mol. The molecule has 1 aliphatic carbocycles.